The minimum absolute atomic E-state index is 0.0908. The molecule has 1 fully saturated rings. The lowest BCUT2D eigenvalue weighted by molar-refractivity contribution is -0.134. The molecule has 1 aromatic carbocycles. The molecular weight excluding hydrogens is 361 g/mol. The number of hydrogen-bond donors (Lipinski definition) is 0. The van der Waals surface area contributed by atoms with Gasteiger partial charge in [-0.3, -0.25) is 14.7 Å². The summed E-state index contributed by atoms with van der Waals surface area (Å²) in [6, 6.07) is 9.89. The fraction of sp³-hybridized carbons (Fsp3) is 0.429. The molecule has 7 heteroatoms. The van der Waals surface area contributed by atoms with E-state index in [0.29, 0.717) is 13.1 Å². The number of pyridine rings is 1. The second-order valence-corrected chi connectivity index (χ2v) is 6.70. The van der Waals surface area contributed by atoms with E-state index in [9.17, 15) is 9.18 Å². The Bertz CT molecular complexity index is 739. The lowest BCUT2D eigenvalue weighted by Gasteiger charge is -2.28. The minimum atomic E-state index is -0.469. The van der Waals surface area contributed by atoms with Crippen LogP contribution in [0.1, 0.15) is 12.0 Å². The summed E-state index contributed by atoms with van der Waals surface area (Å²) in [4.78, 5) is 20.9. The highest BCUT2D eigenvalue weighted by Gasteiger charge is 2.17. The Morgan fingerprint density at radius 3 is 2.68 bits per heavy atom. The zero-order valence-electron chi connectivity index (χ0n) is 15.9. The van der Waals surface area contributed by atoms with Crippen molar-refractivity contribution in [2.24, 2.45) is 0 Å². The standard InChI is InChI=1S/C21H26FN3O3/c22-19-4-1-2-5-20(19)28-17-21(26)25(16-18-6-8-23-9-7-18)11-3-10-24-12-14-27-15-13-24/h1-2,4-9H,3,10-17H2. The molecule has 0 unspecified atom stereocenters. The number of aromatic nitrogens is 1. The van der Waals surface area contributed by atoms with E-state index in [1.165, 1.54) is 12.1 Å². The number of morpholine rings is 1. The van der Waals surface area contributed by atoms with Crippen LogP contribution in [0.5, 0.6) is 5.75 Å². The monoisotopic (exact) mass is 387 g/mol. The first-order chi connectivity index (χ1) is 13.7. The summed E-state index contributed by atoms with van der Waals surface area (Å²) in [5, 5.41) is 0. The molecule has 150 valence electrons. The molecule has 2 heterocycles. The maximum atomic E-state index is 13.7. The molecule has 1 aromatic heterocycles. The Kier molecular flexibility index (Phi) is 7.75. The second kappa shape index (κ2) is 10.7. The van der Waals surface area contributed by atoms with E-state index in [4.69, 9.17) is 9.47 Å². The summed E-state index contributed by atoms with van der Waals surface area (Å²) in [5.74, 6) is -0.543. The van der Waals surface area contributed by atoms with Crippen LogP contribution in [0.4, 0.5) is 4.39 Å². The number of hydrogen-bond acceptors (Lipinski definition) is 5. The average Bonchev–Trinajstić information content (AvgIpc) is 2.74. The molecular formula is C21H26FN3O3. The highest BCUT2D eigenvalue weighted by atomic mass is 19.1. The number of rotatable bonds is 9. The summed E-state index contributed by atoms with van der Waals surface area (Å²) in [5.41, 5.74) is 1.00. The van der Waals surface area contributed by atoms with E-state index in [1.54, 1.807) is 29.4 Å². The van der Waals surface area contributed by atoms with Gasteiger partial charge in [0.2, 0.25) is 0 Å². The van der Waals surface area contributed by atoms with E-state index in [0.717, 1.165) is 44.8 Å². The zero-order chi connectivity index (χ0) is 19.6. The Morgan fingerprint density at radius 2 is 1.93 bits per heavy atom. The van der Waals surface area contributed by atoms with Crippen LogP contribution in [0.3, 0.4) is 0 Å². The summed E-state index contributed by atoms with van der Waals surface area (Å²) < 4.78 is 24.5. The molecule has 28 heavy (non-hydrogen) atoms. The number of benzene rings is 1. The van der Waals surface area contributed by atoms with E-state index in [1.807, 2.05) is 12.1 Å². The highest BCUT2D eigenvalue weighted by Crippen LogP contribution is 2.15. The van der Waals surface area contributed by atoms with Gasteiger partial charge in [0.1, 0.15) is 0 Å². The van der Waals surface area contributed by atoms with Crippen molar-refractivity contribution in [1.29, 1.82) is 0 Å². The predicted octanol–water partition coefficient (Wildman–Crippen LogP) is 2.35. The van der Waals surface area contributed by atoms with Crippen molar-refractivity contribution in [3.8, 4) is 5.75 Å². The quantitative estimate of drug-likeness (QED) is 0.661. The summed E-state index contributed by atoms with van der Waals surface area (Å²) >= 11 is 0. The van der Waals surface area contributed by atoms with Crippen molar-refractivity contribution in [3.63, 3.8) is 0 Å². The molecule has 1 amide bonds. The van der Waals surface area contributed by atoms with Crippen LogP contribution in [0.15, 0.2) is 48.8 Å². The Hall–Kier alpha value is -2.51. The molecule has 0 aliphatic carbocycles. The van der Waals surface area contributed by atoms with Gasteiger partial charge >= 0.3 is 0 Å². The lowest BCUT2D eigenvalue weighted by Crippen LogP contribution is -2.40. The van der Waals surface area contributed by atoms with Gasteiger partial charge in [-0.2, -0.15) is 0 Å². The van der Waals surface area contributed by atoms with Crippen LogP contribution in [0, 0.1) is 5.82 Å². The second-order valence-electron chi connectivity index (χ2n) is 6.70. The number of carbonyl (C=O) groups excluding carboxylic acids is 1. The zero-order valence-corrected chi connectivity index (χ0v) is 15.9. The van der Waals surface area contributed by atoms with Gasteiger partial charge in [-0.05, 0) is 36.2 Å². The molecule has 0 N–H and O–H groups in total. The number of amides is 1. The van der Waals surface area contributed by atoms with Gasteiger partial charge < -0.3 is 14.4 Å². The largest absolute Gasteiger partial charge is 0.481 e. The van der Waals surface area contributed by atoms with Gasteiger partial charge in [0.15, 0.2) is 18.2 Å². The van der Waals surface area contributed by atoms with Gasteiger partial charge in [-0.25, -0.2) is 4.39 Å². The summed E-state index contributed by atoms with van der Waals surface area (Å²) in [6.45, 7) is 5.18. The van der Waals surface area contributed by atoms with Crippen molar-refractivity contribution in [1.82, 2.24) is 14.8 Å². The molecule has 1 saturated heterocycles. The highest BCUT2D eigenvalue weighted by molar-refractivity contribution is 5.77. The van der Waals surface area contributed by atoms with Crippen LogP contribution in [-0.2, 0) is 16.1 Å². The predicted molar refractivity (Wildman–Crippen MR) is 103 cm³/mol. The molecule has 0 saturated carbocycles. The lowest BCUT2D eigenvalue weighted by atomic mass is 10.2. The molecule has 2 aromatic rings. The Morgan fingerprint density at radius 1 is 1.18 bits per heavy atom. The first-order valence-corrected chi connectivity index (χ1v) is 9.56. The summed E-state index contributed by atoms with van der Waals surface area (Å²) in [6.07, 6.45) is 4.28. The van der Waals surface area contributed by atoms with Gasteiger partial charge in [0.05, 0.1) is 13.2 Å². The number of nitrogens with zero attached hydrogens (tertiary/aromatic N) is 3. The van der Waals surface area contributed by atoms with Crippen molar-refractivity contribution in [2.45, 2.75) is 13.0 Å². The van der Waals surface area contributed by atoms with Crippen LogP contribution in [-0.4, -0.2) is 66.7 Å². The minimum Gasteiger partial charge on any atom is -0.481 e. The van der Waals surface area contributed by atoms with Gasteiger partial charge in [0.25, 0.3) is 5.91 Å². The van der Waals surface area contributed by atoms with Crippen LogP contribution in [0.25, 0.3) is 0 Å². The maximum Gasteiger partial charge on any atom is 0.260 e. The summed E-state index contributed by atoms with van der Waals surface area (Å²) in [7, 11) is 0. The molecule has 1 aliphatic heterocycles. The molecule has 0 spiro atoms. The van der Waals surface area contributed by atoms with Gasteiger partial charge in [-0.1, -0.05) is 12.1 Å². The molecule has 0 radical (unpaired) electrons. The Balaban J connectivity index is 1.56. The maximum absolute atomic E-state index is 13.7. The number of halogens is 1. The first kappa shape index (κ1) is 20.2. The average molecular weight is 387 g/mol. The third kappa shape index (κ3) is 6.28. The smallest absolute Gasteiger partial charge is 0.260 e. The molecule has 0 bridgehead atoms. The van der Waals surface area contributed by atoms with Crippen LogP contribution >= 0.6 is 0 Å². The van der Waals surface area contributed by atoms with Crippen molar-refractivity contribution in [3.05, 3.63) is 60.2 Å². The van der Waals surface area contributed by atoms with E-state index in [2.05, 4.69) is 9.88 Å². The Labute approximate surface area is 164 Å². The third-order valence-corrected chi connectivity index (χ3v) is 4.67. The number of carbonyl (C=O) groups is 1. The number of para-hydroxylation sites is 1. The SMILES string of the molecule is O=C(COc1ccccc1F)N(CCCN1CCOCC1)Cc1ccncc1. The fourth-order valence-electron chi connectivity index (χ4n) is 3.10. The van der Waals surface area contributed by atoms with Crippen molar-refractivity contribution in [2.75, 3.05) is 46.0 Å². The third-order valence-electron chi connectivity index (χ3n) is 4.67. The van der Waals surface area contributed by atoms with E-state index < -0.39 is 5.82 Å². The van der Waals surface area contributed by atoms with Crippen LogP contribution in [0.2, 0.25) is 0 Å². The molecule has 6 nitrogen and oxygen atoms in total. The van der Waals surface area contributed by atoms with Gasteiger partial charge in [0, 0.05) is 45.1 Å². The normalized spacial score (nSPS) is 14.6. The van der Waals surface area contributed by atoms with Gasteiger partial charge in [-0.15, -0.1) is 0 Å². The van der Waals surface area contributed by atoms with Crippen molar-refractivity contribution >= 4 is 5.91 Å². The first-order valence-electron chi connectivity index (χ1n) is 9.56. The topological polar surface area (TPSA) is 54.9 Å². The molecule has 0 atom stereocenters. The molecule has 3 rings (SSSR count). The molecule has 1 aliphatic rings. The van der Waals surface area contributed by atoms with Crippen LogP contribution < -0.4 is 4.74 Å². The van der Waals surface area contributed by atoms with E-state index >= 15 is 0 Å². The number of ether oxygens (including phenoxy) is 2. The van der Waals surface area contributed by atoms with Crippen molar-refractivity contribution < 1.29 is 18.7 Å². The fourth-order valence-corrected chi connectivity index (χ4v) is 3.10. The van der Waals surface area contributed by atoms with E-state index in [-0.39, 0.29) is 18.3 Å².